The van der Waals surface area contributed by atoms with Crippen LogP contribution in [0, 0.1) is 11.8 Å². The second-order valence-corrected chi connectivity index (χ2v) is 7.93. The number of hydrogen-bond donors (Lipinski definition) is 1. The largest absolute Gasteiger partial charge is 0.312 e. The molecule has 108 valence electrons. The fraction of sp³-hybridized carbons (Fsp3) is 0.812. The molecule has 0 amide bonds. The Morgan fingerprint density at radius 1 is 1.21 bits per heavy atom. The zero-order valence-corrected chi connectivity index (χ0v) is 13.4. The maximum Gasteiger partial charge on any atom is 0.0794 e. The average molecular weight is 280 g/mol. The third-order valence-corrected chi connectivity index (χ3v) is 4.96. The van der Waals surface area contributed by atoms with E-state index in [1.807, 2.05) is 16.8 Å². The van der Waals surface area contributed by atoms with Gasteiger partial charge in [-0.05, 0) is 58.4 Å². The Kier molecular flexibility index (Phi) is 5.40. The van der Waals surface area contributed by atoms with Gasteiger partial charge in [0, 0.05) is 16.6 Å². The minimum Gasteiger partial charge on any atom is -0.312 e. The highest BCUT2D eigenvalue weighted by Gasteiger charge is 2.25. The Labute approximate surface area is 122 Å². The van der Waals surface area contributed by atoms with E-state index in [9.17, 15) is 0 Å². The standard InChI is InChI=1S/C16H28N2S/c1-16(2,3)18-10-14-8-6-4-5-7-13(14)9-15-11-17-12-19-15/h11-14,18H,4-10H2,1-3H3. The van der Waals surface area contributed by atoms with Crippen LogP contribution in [0.5, 0.6) is 0 Å². The number of nitrogens with zero attached hydrogens (tertiary/aromatic N) is 1. The van der Waals surface area contributed by atoms with Gasteiger partial charge in [0.1, 0.15) is 0 Å². The van der Waals surface area contributed by atoms with Crippen molar-refractivity contribution in [2.75, 3.05) is 6.54 Å². The second-order valence-electron chi connectivity index (χ2n) is 6.96. The summed E-state index contributed by atoms with van der Waals surface area (Å²) in [7, 11) is 0. The van der Waals surface area contributed by atoms with Crippen LogP contribution in [-0.4, -0.2) is 17.1 Å². The summed E-state index contributed by atoms with van der Waals surface area (Å²) in [5, 5.41) is 3.72. The number of aromatic nitrogens is 1. The normalized spacial score (nSPS) is 25.2. The summed E-state index contributed by atoms with van der Waals surface area (Å²) in [4.78, 5) is 5.69. The SMILES string of the molecule is CC(C)(C)NCC1CCCCCC1Cc1cncs1. The van der Waals surface area contributed by atoms with Crippen LogP contribution < -0.4 is 5.32 Å². The van der Waals surface area contributed by atoms with Gasteiger partial charge in [0.05, 0.1) is 5.51 Å². The molecule has 0 spiro atoms. The third kappa shape index (κ3) is 5.23. The van der Waals surface area contributed by atoms with Crippen molar-refractivity contribution in [2.24, 2.45) is 11.8 Å². The molecular weight excluding hydrogens is 252 g/mol. The van der Waals surface area contributed by atoms with Crippen LogP contribution in [-0.2, 0) is 6.42 Å². The molecule has 0 aliphatic heterocycles. The predicted octanol–water partition coefficient (Wildman–Crippen LogP) is 4.27. The average Bonchev–Trinajstić information content (AvgIpc) is 2.73. The molecule has 2 atom stereocenters. The summed E-state index contributed by atoms with van der Waals surface area (Å²) < 4.78 is 0. The monoisotopic (exact) mass is 280 g/mol. The molecule has 1 aromatic rings. The quantitative estimate of drug-likeness (QED) is 0.833. The first-order chi connectivity index (χ1) is 9.04. The lowest BCUT2D eigenvalue weighted by atomic mass is 9.84. The summed E-state index contributed by atoms with van der Waals surface area (Å²) in [5.41, 5.74) is 2.20. The van der Waals surface area contributed by atoms with E-state index in [1.54, 1.807) is 0 Å². The van der Waals surface area contributed by atoms with E-state index in [4.69, 9.17) is 0 Å². The predicted molar refractivity (Wildman–Crippen MR) is 83.6 cm³/mol. The number of nitrogens with one attached hydrogen (secondary N) is 1. The Hall–Kier alpha value is -0.410. The lowest BCUT2D eigenvalue weighted by molar-refractivity contribution is 0.270. The molecule has 1 heterocycles. The van der Waals surface area contributed by atoms with Gasteiger partial charge in [0.2, 0.25) is 0 Å². The lowest BCUT2D eigenvalue weighted by Gasteiger charge is -2.29. The van der Waals surface area contributed by atoms with Gasteiger partial charge in [0.25, 0.3) is 0 Å². The summed E-state index contributed by atoms with van der Waals surface area (Å²) in [6.07, 6.45) is 10.3. The van der Waals surface area contributed by atoms with Crippen LogP contribution >= 0.6 is 11.3 Å². The molecule has 19 heavy (non-hydrogen) atoms. The highest BCUT2D eigenvalue weighted by Crippen LogP contribution is 2.32. The van der Waals surface area contributed by atoms with E-state index in [1.165, 1.54) is 49.9 Å². The van der Waals surface area contributed by atoms with E-state index in [0.29, 0.717) is 0 Å². The van der Waals surface area contributed by atoms with Gasteiger partial charge in [0.15, 0.2) is 0 Å². The Morgan fingerprint density at radius 2 is 1.95 bits per heavy atom. The minimum absolute atomic E-state index is 0.237. The zero-order valence-electron chi connectivity index (χ0n) is 12.6. The minimum atomic E-state index is 0.237. The third-order valence-electron chi connectivity index (χ3n) is 4.16. The van der Waals surface area contributed by atoms with Crippen molar-refractivity contribution >= 4 is 11.3 Å². The molecule has 1 N–H and O–H groups in total. The maximum atomic E-state index is 4.22. The van der Waals surface area contributed by atoms with Crippen molar-refractivity contribution in [3.63, 3.8) is 0 Å². The Morgan fingerprint density at radius 3 is 2.58 bits per heavy atom. The van der Waals surface area contributed by atoms with E-state index < -0.39 is 0 Å². The molecule has 1 aromatic heterocycles. The summed E-state index contributed by atoms with van der Waals surface area (Å²) in [6, 6.07) is 0. The van der Waals surface area contributed by atoms with Crippen LogP contribution in [0.2, 0.25) is 0 Å². The van der Waals surface area contributed by atoms with Crippen LogP contribution in [0.25, 0.3) is 0 Å². The molecule has 2 nitrogen and oxygen atoms in total. The van der Waals surface area contributed by atoms with Gasteiger partial charge >= 0.3 is 0 Å². The van der Waals surface area contributed by atoms with Crippen LogP contribution in [0.1, 0.15) is 57.8 Å². The Bertz CT molecular complexity index is 353. The molecule has 1 saturated carbocycles. The van der Waals surface area contributed by atoms with Gasteiger partial charge in [-0.3, -0.25) is 4.98 Å². The van der Waals surface area contributed by atoms with Gasteiger partial charge in [-0.15, -0.1) is 11.3 Å². The van der Waals surface area contributed by atoms with Crippen molar-refractivity contribution < 1.29 is 0 Å². The topological polar surface area (TPSA) is 24.9 Å². The molecule has 1 fully saturated rings. The highest BCUT2D eigenvalue weighted by atomic mass is 32.1. The van der Waals surface area contributed by atoms with Crippen LogP contribution in [0.3, 0.4) is 0 Å². The van der Waals surface area contributed by atoms with Crippen molar-refractivity contribution in [1.29, 1.82) is 0 Å². The first-order valence-electron chi connectivity index (χ1n) is 7.67. The van der Waals surface area contributed by atoms with Gasteiger partial charge in [-0.2, -0.15) is 0 Å². The van der Waals surface area contributed by atoms with E-state index >= 15 is 0 Å². The van der Waals surface area contributed by atoms with E-state index in [-0.39, 0.29) is 5.54 Å². The van der Waals surface area contributed by atoms with Gasteiger partial charge < -0.3 is 5.32 Å². The molecule has 2 unspecified atom stereocenters. The fourth-order valence-corrected chi connectivity index (χ4v) is 3.73. The van der Waals surface area contributed by atoms with Gasteiger partial charge in [-0.25, -0.2) is 0 Å². The maximum absolute atomic E-state index is 4.22. The number of thiazole rings is 1. The van der Waals surface area contributed by atoms with E-state index in [0.717, 1.165) is 11.8 Å². The molecule has 0 saturated heterocycles. The number of rotatable bonds is 4. The molecule has 0 bridgehead atoms. The highest BCUT2D eigenvalue weighted by molar-refractivity contribution is 7.09. The first-order valence-corrected chi connectivity index (χ1v) is 8.55. The first kappa shape index (κ1) is 15.0. The van der Waals surface area contributed by atoms with Gasteiger partial charge in [-0.1, -0.05) is 19.3 Å². The number of hydrogen-bond acceptors (Lipinski definition) is 3. The molecule has 1 aliphatic carbocycles. The summed E-state index contributed by atoms with van der Waals surface area (Å²) in [6.45, 7) is 7.97. The van der Waals surface area contributed by atoms with Crippen LogP contribution in [0.15, 0.2) is 11.7 Å². The van der Waals surface area contributed by atoms with E-state index in [2.05, 4.69) is 37.3 Å². The van der Waals surface area contributed by atoms with Crippen molar-refractivity contribution in [3.8, 4) is 0 Å². The lowest BCUT2D eigenvalue weighted by Crippen LogP contribution is -2.40. The molecule has 1 aliphatic rings. The van der Waals surface area contributed by atoms with Crippen LogP contribution in [0.4, 0.5) is 0 Å². The fourth-order valence-electron chi connectivity index (χ4n) is 3.04. The van der Waals surface area contributed by atoms with Crippen molar-refractivity contribution in [2.45, 2.75) is 64.8 Å². The van der Waals surface area contributed by atoms with Crippen molar-refractivity contribution in [1.82, 2.24) is 10.3 Å². The molecule has 0 aromatic carbocycles. The summed E-state index contributed by atoms with van der Waals surface area (Å²) >= 11 is 1.82. The molecule has 3 heteroatoms. The Balaban J connectivity index is 1.94. The molecular formula is C16H28N2S. The second kappa shape index (κ2) is 6.85. The summed E-state index contributed by atoms with van der Waals surface area (Å²) in [5.74, 6) is 1.68. The zero-order chi connectivity index (χ0) is 13.7. The van der Waals surface area contributed by atoms with Crippen molar-refractivity contribution in [3.05, 3.63) is 16.6 Å². The smallest absolute Gasteiger partial charge is 0.0794 e. The molecule has 2 rings (SSSR count). The molecule has 0 radical (unpaired) electrons.